The summed E-state index contributed by atoms with van der Waals surface area (Å²) in [4.78, 5) is 4.84. The topological polar surface area (TPSA) is 134 Å². The van der Waals surface area contributed by atoms with Crippen molar-refractivity contribution in [2.45, 2.75) is 51.2 Å². The standard InChI is InChI=1S/C31H33N3O6/c1-18-26(29(40-33-18)31(36,37)38)21-15-25-27(32-17-21)23-10-9-22(30(2,3)35)16-24(23)34(25)28(19-7-5-4-6-8-19)20-11-13-39-14-12-20/h4-10,15-17,20,28,35-38H,11-14H2,1-3H3. The summed E-state index contributed by atoms with van der Waals surface area (Å²) in [5.74, 6) is -3.39. The second-order valence-electron chi connectivity index (χ2n) is 11.2. The van der Waals surface area contributed by atoms with Crippen molar-refractivity contribution in [2.75, 3.05) is 13.2 Å². The molecule has 9 nitrogen and oxygen atoms in total. The van der Waals surface area contributed by atoms with Crippen LogP contribution in [0.3, 0.4) is 0 Å². The molecule has 0 aliphatic carbocycles. The number of aryl methyl sites for hydroxylation is 1. The first kappa shape index (κ1) is 26.6. The van der Waals surface area contributed by atoms with E-state index < -0.39 is 17.3 Å². The second kappa shape index (κ2) is 9.79. The van der Waals surface area contributed by atoms with Crippen molar-refractivity contribution in [2.24, 2.45) is 5.92 Å². The second-order valence-corrected chi connectivity index (χ2v) is 11.2. The minimum atomic E-state index is -3.20. The lowest BCUT2D eigenvalue weighted by molar-refractivity contribution is -0.334. The molecule has 1 aliphatic rings. The van der Waals surface area contributed by atoms with Crippen LogP contribution in [0.25, 0.3) is 33.1 Å². The number of pyridine rings is 1. The third-order valence-electron chi connectivity index (χ3n) is 7.93. The molecule has 9 heteroatoms. The molecule has 1 fully saturated rings. The molecule has 5 aromatic rings. The predicted octanol–water partition coefficient (Wildman–Crippen LogP) is 4.48. The van der Waals surface area contributed by atoms with Crippen LogP contribution in [0.5, 0.6) is 0 Å². The predicted molar refractivity (Wildman–Crippen MR) is 149 cm³/mol. The van der Waals surface area contributed by atoms with Gasteiger partial charge in [0.05, 0.1) is 39.5 Å². The quantitative estimate of drug-likeness (QED) is 0.230. The Balaban J connectivity index is 1.69. The highest BCUT2D eigenvalue weighted by atomic mass is 16.7. The van der Waals surface area contributed by atoms with Crippen LogP contribution >= 0.6 is 0 Å². The minimum absolute atomic E-state index is 0.0603. The van der Waals surface area contributed by atoms with Crippen molar-refractivity contribution in [1.29, 1.82) is 0 Å². The summed E-state index contributed by atoms with van der Waals surface area (Å²) in [5, 5.41) is 45.6. The van der Waals surface area contributed by atoms with E-state index in [9.17, 15) is 20.4 Å². The third kappa shape index (κ3) is 4.59. The highest BCUT2D eigenvalue weighted by Gasteiger charge is 2.35. The Kier molecular flexibility index (Phi) is 6.52. The van der Waals surface area contributed by atoms with E-state index in [-0.39, 0.29) is 17.5 Å². The molecule has 0 bridgehead atoms. The van der Waals surface area contributed by atoms with E-state index >= 15 is 0 Å². The van der Waals surface area contributed by atoms with E-state index in [1.54, 1.807) is 27.0 Å². The summed E-state index contributed by atoms with van der Waals surface area (Å²) in [6.45, 7) is 6.56. The zero-order valence-corrected chi connectivity index (χ0v) is 22.7. The van der Waals surface area contributed by atoms with Gasteiger partial charge in [0.15, 0.2) is 0 Å². The Hall–Kier alpha value is -3.60. The van der Waals surface area contributed by atoms with Crippen molar-refractivity contribution < 1.29 is 29.7 Å². The first-order valence-corrected chi connectivity index (χ1v) is 13.5. The van der Waals surface area contributed by atoms with Gasteiger partial charge in [-0.25, -0.2) is 0 Å². The Labute approximate surface area is 231 Å². The summed E-state index contributed by atoms with van der Waals surface area (Å²) in [6, 6.07) is 18.2. The number of fused-ring (bicyclic) bond motifs is 3. The van der Waals surface area contributed by atoms with Crippen LogP contribution in [0.4, 0.5) is 0 Å². The first-order valence-electron chi connectivity index (χ1n) is 13.5. The number of rotatable bonds is 6. The highest BCUT2D eigenvalue weighted by Crippen LogP contribution is 2.42. The molecule has 208 valence electrons. The van der Waals surface area contributed by atoms with Crippen LogP contribution in [-0.4, -0.2) is 48.3 Å². The Morgan fingerprint density at radius 3 is 2.35 bits per heavy atom. The maximum absolute atomic E-state index is 10.9. The Morgan fingerprint density at radius 1 is 0.950 bits per heavy atom. The van der Waals surface area contributed by atoms with Gasteiger partial charge in [0.25, 0.3) is 0 Å². The summed E-state index contributed by atoms with van der Waals surface area (Å²) in [5.41, 5.74) is 4.58. The summed E-state index contributed by atoms with van der Waals surface area (Å²) in [6.07, 6.45) is 3.39. The van der Waals surface area contributed by atoms with Crippen LogP contribution in [-0.2, 0) is 16.3 Å². The zero-order chi connectivity index (χ0) is 28.2. The zero-order valence-electron chi connectivity index (χ0n) is 22.7. The molecule has 40 heavy (non-hydrogen) atoms. The molecule has 0 spiro atoms. The van der Waals surface area contributed by atoms with E-state index in [1.165, 1.54) is 0 Å². The fraction of sp³-hybridized carbons (Fsp3) is 0.355. The molecule has 1 aliphatic heterocycles. The molecule has 3 aromatic heterocycles. The van der Waals surface area contributed by atoms with Crippen LogP contribution in [0.2, 0.25) is 0 Å². The van der Waals surface area contributed by atoms with Gasteiger partial charge in [-0.1, -0.05) is 47.6 Å². The normalized spacial score (nSPS) is 16.2. The average molecular weight is 544 g/mol. The molecular formula is C31H33N3O6. The molecule has 0 radical (unpaired) electrons. The molecule has 4 N–H and O–H groups in total. The molecule has 4 heterocycles. The number of aromatic nitrogens is 3. The smallest absolute Gasteiger partial charge is 0.342 e. The van der Waals surface area contributed by atoms with Gasteiger partial charge in [0, 0.05) is 30.4 Å². The van der Waals surface area contributed by atoms with E-state index in [1.807, 2.05) is 42.5 Å². The average Bonchev–Trinajstić information content (AvgIpc) is 3.47. The Morgan fingerprint density at radius 2 is 1.68 bits per heavy atom. The number of aliphatic hydroxyl groups is 4. The first-order chi connectivity index (χ1) is 19.0. The number of benzene rings is 2. The maximum atomic E-state index is 10.9. The highest BCUT2D eigenvalue weighted by molar-refractivity contribution is 6.07. The number of hydrogen-bond acceptors (Lipinski definition) is 8. The van der Waals surface area contributed by atoms with Crippen LogP contribution in [0.1, 0.15) is 55.3 Å². The van der Waals surface area contributed by atoms with Crippen molar-refractivity contribution in [1.82, 2.24) is 14.7 Å². The molecule has 1 unspecified atom stereocenters. The van der Waals surface area contributed by atoms with Gasteiger partial charge in [-0.2, -0.15) is 0 Å². The van der Waals surface area contributed by atoms with E-state index in [0.29, 0.717) is 24.5 Å². The summed E-state index contributed by atoms with van der Waals surface area (Å²) in [7, 11) is 0. The van der Waals surface area contributed by atoms with E-state index in [2.05, 4.69) is 21.9 Å². The molecule has 2 aromatic carbocycles. The fourth-order valence-corrected chi connectivity index (χ4v) is 5.97. The van der Waals surface area contributed by atoms with Gasteiger partial charge >= 0.3 is 5.97 Å². The van der Waals surface area contributed by atoms with Crippen molar-refractivity contribution in [3.8, 4) is 11.1 Å². The van der Waals surface area contributed by atoms with Crippen molar-refractivity contribution >= 4 is 21.9 Å². The van der Waals surface area contributed by atoms with Crippen LogP contribution < -0.4 is 0 Å². The van der Waals surface area contributed by atoms with Gasteiger partial charge < -0.3 is 34.3 Å². The summed E-state index contributed by atoms with van der Waals surface area (Å²) >= 11 is 0. The lowest BCUT2D eigenvalue weighted by Crippen LogP contribution is -2.27. The van der Waals surface area contributed by atoms with Gasteiger partial charge in [-0.05, 0) is 62.8 Å². The molecule has 1 saturated heterocycles. The number of ether oxygens (including phenoxy) is 1. The number of nitrogens with zero attached hydrogens (tertiary/aromatic N) is 3. The Bertz CT molecular complexity index is 1670. The van der Waals surface area contributed by atoms with Gasteiger partial charge in [-0.15, -0.1) is 0 Å². The van der Waals surface area contributed by atoms with E-state index in [4.69, 9.17) is 14.2 Å². The maximum Gasteiger partial charge on any atom is 0.342 e. The monoisotopic (exact) mass is 543 g/mol. The van der Waals surface area contributed by atoms with Crippen LogP contribution in [0, 0.1) is 12.8 Å². The summed E-state index contributed by atoms with van der Waals surface area (Å²) < 4.78 is 13.1. The van der Waals surface area contributed by atoms with E-state index in [0.717, 1.165) is 45.9 Å². The van der Waals surface area contributed by atoms with Gasteiger partial charge in [-0.3, -0.25) is 4.98 Å². The minimum Gasteiger partial charge on any atom is -0.386 e. The van der Waals surface area contributed by atoms with Crippen molar-refractivity contribution in [3.63, 3.8) is 0 Å². The molecule has 0 saturated carbocycles. The van der Waals surface area contributed by atoms with Gasteiger partial charge in [0.2, 0.25) is 5.76 Å². The lowest BCUT2D eigenvalue weighted by atomic mass is 9.86. The lowest BCUT2D eigenvalue weighted by Gasteiger charge is -2.33. The SMILES string of the molecule is Cc1noc(C(O)(O)O)c1-c1cnc2c3ccc(C(C)(C)O)cc3n(C(c3ccccc3)C3CCOCC3)c2c1. The van der Waals surface area contributed by atoms with Crippen molar-refractivity contribution in [3.05, 3.63) is 83.4 Å². The van der Waals surface area contributed by atoms with Gasteiger partial charge in [0.1, 0.15) is 0 Å². The molecule has 1 atom stereocenters. The third-order valence-corrected chi connectivity index (χ3v) is 7.93. The molecule has 0 amide bonds. The molecule has 6 rings (SSSR count). The molecular weight excluding hydrogens is 510 g/mol. The fourth-order valence-electron chi connectivity index (χ4n) is 5.97. The number of hydrogen-bond donors (Lipinski definition) is 4. The largest absolute Gasteiger partial charge is 0.386 e. The van der Waals surface area contributed by atoms with Crippen LogP contribution in [0.15, 0.2) is 65.3 Å².